The van der Waals surface area contributed by atoms with Crippen molar-refractivity contribution in [2.45, 2.75) is 19.7 Å². The van der Waals surface area contributed by atoms with E-state index in [0.29, 0.717) is 6.07 Å². The number of esters is 1. The number of carbonyl (C=O) groups is 1. The number of hydrogen-bond donors (Lipinski definition) is 0. The molecular weight excluding hydrogens is 282 g/mol. The van der Waals surface area contributed by atoms with Crippen molar-refractivity contribution in [2.24, 2.45) is 0 Å². The van der Waals surface area contributed by atoms with Crippen LogP contribution in [0.15, 0.2) is 12.1 Å². The zero-order valence-corrected chi connectivity index (χ0v) is 10.3. The maximum atomic E-state index is 13.7. The molecule has 0 N–H and O–H groups in total. The van der Waals surface area contributed by atoms with Crippen LogP contribution in [-0.4, -0.2) is 18.9 Å². The summed E-state index contributed by atoms with van der Waals surface area (Å²) in [5.41, 5.74) is -0.752. The molecular formula is C12H9F4NO3. The zero-order chi connectivity index (χ0) is 15.3. The maximum absolute atomic E-state index is 13.7. The summed E-state index contributed by atoms with van der Waals surface area (Å²) in [6.07, 6.45) is -5.49. The predicted molar refractivity (Wildman–Crippen MR) is 58.1 cm³/mol. The Balaban J connectivity index is 3.09. The Kier molecular flexibility index (Phi) is 4.91. The number of carbonyl (C=O) groups excluding carboxylic acids is 1. The Morgan fingerprint density at radius 2 is 2.05 bits per heavy atom. The highest BCUT2D eigenvalue weighted by Crippen LogP contribution is 2.29. The van der Waals surface area contributed by atoms with Crippen LogP contribution in [0, 0.1) is 17.1 Å². The highest BCUT2D eigenvalue weighted by molar-refractivity contribution is 5.73. The molecule has 0 spiro atoms. The van der Waals surface area contributed by atoms with Crippen LogP contribution in [0.2, 0.25) is 0 Å². The summed E-state index contributed by atoms with van der Waals surface area (Å²) in [4.78, 5) is 11.2. The van der Waals surface area contributed by atoms with E-state index in [2.05, 4.69) is 9.47 Å². The van der Waals surface area contributed by atoms with Gasteiger partial charge in [0.2, 0.25) is 0 Å². The van der Waals surface area contributed by atoms with E-state index in [1.807, 2.05) is 0 Å². The Morgan fingerprint density at radius 1 is 1.40 bits per heavy atom. The average Bonchev–Trinajstić information content (AvgIpc) is 2.32. The topological polar surface area (TPSA) is 59.3 Å². The molecule has 20 heavy (non-hydrogen) atoms. The first kappa shape index (κ1) is 15.8. The minimum Gasteiger partial charge on any atom is -0.466 e. The minimum atomic E-state index is -5.07. The first-order valence-corrected chi connectivity index (χ1v) is 5.41. The van der Waals surface area contributed by atoms with Crippen molar-refractivity contribution in [2.75, 3.05) is 6.61 Å². The Labute approximate surface area is 111 Å². The molecule has 0 aromatic heterocycles. The summed E-state index contributed by atoms with van der Waals surface area (Å²) in [5, 5.41) is 8.79. The van der Waals surface area contributed by atoms with Crippen molar-refractivity contribution >= 4 is 5.97 Å². The van der Waals surface area contributed by atoms with E-state index in [9.17, 15) is 22.4 Å². The third kappa shape index (κ3) is 4.12. The van der Waals surface area contributed by atoms with Gasteiger partial charge in [-0.25, -0.2) is 4.39 Å². The van der Waals surface area contributed by atoms with Gasteiger partial charge in [0, 0.05) is 0 Å². The summed E-state index contributed by atoms with van der Waals surface area (Å²) in [6.45, 7) is 1.66. The summed E-state index contributed by atoms with van der Waals surface area (Å²) in [5.74, 6) is -3.30. The lowest BCUT2D eigenvalue weighted by molar-refractivity contribution is -0.275. The number of benzene rings is 1. The van der Waals surface area contributed by atoms with Crippen LogP contribution >= 0.6 is 0 Å². The van der Waals surface area contributed by atoms with Crippen molar-refractivity contribution in [3.05, 3.63) is 29.1 Å². The van der Waals surface area contributed by atoms with E-state index >= 15 is 0 Å². The van der Waals surface area contributed by atoms with Gasteiger partial charge in [0.1, 0.15) is 6.07 Å². The third-order valence-electron chi connectivity index (χ3n) is 2.17. The standard InChI is InChI=1S/C12H9F4NO3/c1-2-19-10(18)5-7-3-4-9(20-12(14,15)16)11(13)8(7)6-17/h3-4H,2,5H2,1H3. The van der Waals surface area contributed by atoms with E-state index in [1.54, 1.807) is 6.92 Å². The Bertz CT molecular complexity index is 549. The molecule has 1 aromatic carbocycles. The van der Waals surface area contributed by atoms with Crippen LogP contribution in [0.3, 0.4) is 0 Å². The van der Waals surface area contributed by atoms with E-state index in [1.165, 1.54) is 6.07 Å². The maximum Gasteiger partial charge on any atom is 0.573 e. The lowest BCUT2D eigenvalue weighted by atomic mass is 10.0. The first-order valence-electron chi connectivity index (χ1n) is 5.41. The predicted octanol–water partition coefficient (Wildman–Crippen LogP) is 2.70. The van der Waals surface area contributed by atoms with Crippen molar-refractivity contribution < 1.29 is 31.8 Å². The SMILES string of the molecule is CCOC(=O)Cc1ccc(OC(F)(F)F)c(F)c1C#N. The lowest BCUT2D eigenvalue weighted by Crippen LogP contribution is -2.18. The van der Waals surface area contributed by atoms with Gasteiger partial charge in [-0.1, -0.05) is 6.07 Å². The molecule has 0 atom stereocenters. The Morgan fingerprint density at radius 3 is 2.55 bits per heavy atom. The molecule has 4 nitrogen and oxygen atoms in total. The number of nitriles is 1. The molecule has 0 fully saturated rings. The molecule has 0 bridgehead atoms. The summed E-state index contributed by atoms with van der Waals surface area (Å²) in [7, 11) is 0. The van der Waals surface area contributed by atoms with Crippen LogP contribution in [-0.2, 0) is 16.0 Å². The van der Waals surface area contributed by atoms with E-state index < -0.39 is 35.9 Å². The normalized spacial score (nSPS) is 10.8. The number of ether oxygens (including phenoxy) is 2. The fourth-order valence-electron chi connectivity index (χ4n) is 1.44. The quantitative estimate of drug-likeness (QED) is 0.632. The van der Waals surface area contributed by atoms with Gasteiger partial charge in [-0.05, 0) is 18.6 Å². The van der Waals surface area contributed by atoms with Gasteiger partial charge >= 0.3 is 12.3 Å². The number of rotatable bonds is 4. The molecule has 0 radical (unpaired) electrons. The van der Waals surface area contributed by atoms with Crippen LogP contribution in [0.4, 0.5) is 17.6 Å². The third-order valence-corrected chi connectivity index (χ3v) is 2.17. The molecule has 0 amide bonds. The molecule has 108 valence electrons. The second kappa shape index (κ2) is 6.23. The summed E-state index contributed by atoms with van der Waals surface area (Å²) in [6, 6.07) is 3.13. The fraction of sp³-hybridized carbons (Fsp3) is 0.333. The average molecular weight is 291 g/mol. The van der Waals surface area contributed by atoms with Gasteiger partial charge in [-0.3, -0.25) is 4.79 Å². The van der Waals surface area contributed by atoms with E-state index in [0.717, 1.165) is 6.07 Å². The zero-order valence-electron chi connectivity index (χ0n) is 10.3. The molecule has 0 saturated carbocycles. The number of halogens is 4. The number of alkyl halides is 3. The molecule has 0 aliphatic rings. The van der Waals surface area contributed by atoms with Gasteiger partial charge < -0.3 is 9.47 Å². The molecule has 8 heteroatoms. The van der Waals surface area contributed by atoms with Gasteiger partial charge in [0.15, 0.2) is 11.6 Å². The monoisotopic (exact) mass is 291 g/mol. The van der Waals surface area contributed by atoms with E-state index in [-0.39, 0.29) is 12.2 Å². The van der Waals surface area contributed by atoms with E-state index in [4.69, 9.17) is 5.26 Å². The van der Waals surface area contributed by atoms with Crippen molar-refractivity contribution in [1.29, 1.82) is 5.26 Å². The largest absolute Gasteiger partial charge is 0.573 e. The second-order valence-corrected chi connectivity index (χ2v) is 3.55. The lowest BCUT2D eigenvalue weighted by Gasteiger charge is -2.12. The highest BCUT2D eigenvalue weighted by Gasteiger charge is 2.33. The van der Waals surface area contributed by atoms with Crippen molar-refractivity contribution in [3.8, 4) is 11.8 Å². The summed E-state index contributed by atoms with van der Waals surface area (Å²) >= 11 is 0. The molecule has 0 saturated heterocycles. The second-order valence-electron chi connectivity index (χ2n) is 3.55. The van der Waals surface area contributed by atoms with Crippen LogP contribution in [0.5, 0.6) is 5.75 Å². The molecule has 0 unspecified atom stereocenters. The molecule has 1 aromatic rings. The molecule has 0 heterocycles. The van der Waals surface area contributed by atoms with Crippen molar-refractivity contribution in [1.82, 2.24) is 0 Å². The molecule has 1 rings (SSSR count). The van der Waals surface area contributed by atoms with Gasteiger partial charge in [-0.2, -0.15) is 5.26 Å². The number of hydrogen-bond acceptors (Lipinski definition) is 4. The summed E-state index contributed by atoms with van der Waals surface area (Å²) < 4.78 is 57.8. The smallest absolute Gasteiger partial charge is 0.466 e. The van der Waals surface area contributed by atoms with Crippen LogP contribution in [0.1, 0.15) is 18.1 Å². The highest BCUT2D eigenvalue weighted by atomic mass is 19.4. The van der Waals surface area contributed by atoms with Crippen LogP contribution < -0.4 is 4.74 Å². The fourth-order valence-corrected chi connectivity index (χ4v) is 1.44. The minimum absolute atomic E-state index is 0.0713. The molecule has 0 aliphatic heterocycles. The van der Waals surface area contributed by atoms with Gasteiger partial charge in [0.05, 0.1) is 18.6 Å². The first-order chi connectivity index (χ1) is 9.28. The van der Waals surface area contributed by atoms with Crippen LogP contribution in [0.25, 0.3) is 0 Å². The Hall–Kier alpha value is -2.30. The molecule has 0 aliphatic carbocycles. The van der Waals surface area contributed by atoms with Gasteiger partial charge in [0.25, 0.3) is 0 Å². The van der Waals surface area contributed by atoms with Gasteiger partial charge in [-0.15, -0.1) is 13.2 Å². The van der Waals surface area contributed by atoms with Crippen molar-refractivity contribution in [3.63, 3.8) is 0 Å². The number of nitrogens with zero attached hydrogens (tertiary/aromatic N) is 1.